The van der Waals surface area contributed by atoms with Gasteiger partial charge >= 0.3 is 0 Å². The molecule has 2 aliphatic heterocycles. The minimum Gasteiger partial charge on any atom is -0.496 e. The monoisotopic (exact) mass is 354 g/mol. The predicted octanol–water partition coefficient (Wildman–Crippen LogP) is 3.10. The SMILES string of the molecule is COc1ccccc1CN(CC1CCCO1)CC1(C)CCNC1.Cl. The van der Waals surface area contributed by atoms with Gasteiger partial charge in [0.25, 0.3) is 0 Å². The second kappa shape index (κ2) is 9.04. The first-order valence-corrected chi connectivity index (χ1v) is 8.85. The Morgan fingerprint density at radius 2 is 2.21 bits per heavy atom. The van der Waals surface area contributed by atoms with Gasteiger partial charge in [-0.1, -0.05) is 25.1 Å². The van der Waals surface area contributed by atoms with Gasteiger partial charge in [-0.2, -0.15) is 0 Å². The fraction of sp³-hybridized carbons (Fsp3) is 0.684. The lowest BCUT2D eigenvalue weighted by Gasteiger charge is -2.33. The van der Waals surface area contributed by atoms with E-state index in [9.17, 15) is 0 Å². The van der Waals surface area contributed by atoms with Crippen LogP contribution in [0.5, 0.6) is 5.75 Å². The van der Waals surface area contributed by atoms with Gasteiger partial charge in [0.05, 0.1) is 13.2 Å². The molecule has 2 unspecified atom stereocenters. The van der Waals surface area contributed by atoms with Gasteiger partial charge in [-0.3, -0.25) is 4.90 Å². The molecule has 2 fully saturated rings. The first kappa shape index (κ1) is 19.5. The molecule has 0 spiro atoms. The second-order valence-electron chi connectivity index (χ2n) is 7.35. The van der Waals surface area contributed by atoms with Crippen molar-refractivity contribution in [2.24, 2.45) is 5.41 Å². The number of benzene rings is 1. The summed E-state index contributed by atoms with van der Waals surface area (Å²) >= 11 is 0. The number of para-hydroxylation sites is 1. The highest BCUT2D eigenvalue weighted by Crippen LogP contribution is 2.28. The molecule has 1 aromatic rings. The quantitative estimate of drug-likeness (QED) is 0.815. The van der Waals surface area contributed by atoms with Crippen LogP contribution in [0.2, 0.25) is 0 Å². The van der Waals surface area contributed by atoms with E-state index in [2.05, 4.69) is 35.3 Å². The van der Waals surface area contributed by atoms with Gasteiger partial charge in [-0.15, -0.1) is 12.4 Å². The number of nitrogens with zero attached hydrogens (tertiary/aromatic N) is 1. The Kier molecular flexibility index (Phi) is 7.35. The molecular formula is C19H31ClN2O2. The fourth-order valence-electron chi connectivity index (χ4n) is 3.88. The highest BCUT2D eigenvalue weighted by Gasteiger charge is 2.32. The molecule has 1 aromatic carbocycles. The van der Waals surface area contributed by atoms with E-state index in [1.807, 2.05) is 6.07 Å². The summed E-state index contributed by atoms with van der Waals surface area (Å²) in [5.74, 6) is 0.986. The van der Waals surface area contributed by atoms with Gasteiger partial charge in [-0.25, -0.2) is 0 Å². The number of halogens is 1. The van der Waals surface area contributed by atoms with Crippen LogP contribution in [-0.2, 0) is 11.3 Å². The van der Waals surface area contributed by atoms with Crippen LogP contribution in [0.4, 0.5) is 0 Å². The first-order valence-electron chi connectivity index (χ1n) is 8.85. The smallest absolute Gasteiger partial charge is 0.123 e. The maximum absolute atomic E-state index is 5.89. The van der Waals surface area contributed by atoms with Crippen LogP contribution in [0.15, 0.2) is 24.3 Å². The Morgan fingerprint density at radius 1 is 1.38 bits per heavy atom. The van der Waals surface area contributed by atoms with E-state index in [1.165, 1.54) is 24.8 Å². The van der Waals surface area contributed by atoms with Crippen LogP contribution in [0, 0.1) is 5.41 Å². The van der Waals surface area contributed by atoms with Crippen molar-refractivity contribution in [3.05, 3.63) is 29.8 Å². The number of rotatable bonds is 7. The van der Waals surface area contributed by atoms with E-state index >= 15 is 0 Å². The molecule has 3 rings (SSSR count). The van der Waals surface area contributed by atoms with E-state index in [1.54, 1.807) is 7.11 Å². The van der Waals surface area contributed by atoms with Crippen molar-refractivity contribution >= 4 is 12.4 Å². The van der Waals surface area contributed by atoms with Crippen LogP contribution in [-0.4, -0.2) is 50.9 Å². The standard InChI is InChI=1S/C19H30N2O2.ClH/c1-19(9-10-20-14-19)15-21(13-17-7-5-11-23-17)12-16-6-3-4-8-18(16)22-2;/h3-4,6,8,17,20H,5,7,9-15H2,1-2H3;1H. The topological polar surface area (TPSA) is 33.7 Å². The lowest BCUT2D eigenvalue weighted by Crippen LogP contribution is -2.40. The zero-order valence-corrected chi connectivity index (χ0v) is 15.7. The largest absolute Gasteiger partial charge is 0.496 e. The minimum absolute atomic E-state index is 0. The molecule has 2 aliphatic rings. The normalized spacial score (nSPS) is 26.5. The van der Waals surface area contributed by atoms with E-state index in [-0.39, 0.29) is 12.4 Å². The van der Waals surface area contributed by atoms with Crippen LogP contribution in [0.1, 0.15) is 31.7 Å². The summed E-state index contributed by atoms with van der Waals surface area (Å²) in [5.41, 5.74) is 1.63. The van der Waals surface area contributed by atoms with Gasteiger partial charge in [0.15, 0.2) is 0 Å². The molecule has 5 heteroatoms. The molecule has 2 atom stereocenters. The Hall–Kier alpha value is -0.810. The number of hydrogen-bond donors (Lipinski definition) is 1. The lowest BCUT2D eigenvalue weighted by atomic mass is 9.89. The maximum atomic E-state index is 5.89. The number of hydrogen-bond acceptors (Lipinski definition) is 4. The number of ether oxygens (including phenoxy) is 2. The van der Waals surface area contributed by atoms with Crippen LogP contribution in [0.25, 0.3) is 0 Å². The summed E-state index contributed by atoms with van der Waals surface area (Å²) in [7, 11) is 1.76. The Bertz CT molecular complexity index is 500. The Labute approximate surface area is 152 Å². The Morgan fingerprint density at radius 3 is 2.88 bits per heavy atom. The highest BCUT2D eigenvalue weighted by molar-refractivity contribution is 5.85. The molecule has 0 bridgehead atoms. The molecule has 0 aliphatic carbocycles. The van der Waals surface area contributed by atoms with E-state index in [4.69, 9.17) is 9.47 Å². The first-order chi connectivity index (χ1) is 11.2. The average Bonchev–Trinajstić information content (AvgIpc) is 3.20. The van der Waals surface area contributed by atoms with Crippen molar-refractivity contribution in [2.75, 3.05) is 39.9 Å². The number of methoxy groups -OCH3 is 1. The summed E-state index contributed by atoms with van der Waals surface area (Å²) in [6, 6.07) is 8.37. The van der Waals surface area contributed by atoms with Crippen molar-refractivity contribution in [1.29, 1.82) is 0 Å². The van der Waals surface area contributed by atoms with Gasteiger partial charge < -0.3 is 14.8 Å². The molecule has 1 N–H and O–H groups in total. The van der Waals surface area contributed by atoms with E-state index in [0.29, 0.717) is 11.5 Å². The molecule has 4 nitrogen and oxygen atoms in total. The Balaban J connectivity index is 0.00000208. The minimum atomic E-state index is 0. The van der Waals surface area contributed by atoms with Crippen molar-refractivity contribution < 1.29 is 9.47 Å². The molecule has 2 saturated heterocycles. The van der Waals surface area contributed by atoms with Crippen LogP contribution >= 0.6 is 12.4 Å². The molecule has 0 aromatic heterocycles. The third kappa shape index (κ3) is 5.09. The summed E-state index contributed by atoms with van der Waals surface area (Å²) in [6.45, 7) is 8.63. The summed E-state index contributed by atoms with van der Waals surface area (Å²) in [4.78, 5) is 2.57. The second-order valence-corrected chi connectivity index (χ2v) is 7.35. The molecule has 2 heterocycles. The van der Waals surface area contributed by atoms with Gasteiger partial charge in [0.2, 0.25) is 0 Å². The van der Waals surface area contributed by atoms with Gasteiger partial charge in [0, 0.05) is 38.3 Å². The molecule has 0 saturated carbocycles. The van der Waals surface area contributed by atoms with Gasteiger partial charge in [-0.05, 0) is 37.3 Å². The van der Waals surface area contributed by atoms with Crippen LogP contribution < -0.4 is 10.1 Å². The maximum Gasteiger partial charge on any atom is 0.123 e. The average molecular weight is 355 g/mol. The summed E-state index contributed by atoms with van der Waals surface area (Å²) < 4.78 is 11.4. The number of nitrogens with one attached hydrogen (secondary N) is 1. The molecule has 0 amide bonds. The van der Waals surface area contributed by atoms with Crippen molar-refractivity contribution in [2.45, 2.75) is 38.8 Å². The van der Waals surface area contributed by atoms with E-state index in [0.717, 1.165) is 45.1 Å². The fourth-order valence-corrected chi connectivity index (χ4v) is 3.88. The zero-order chi connectivity index (χ0) is 16.1. The van der Waals surface area contributed by atoms with Crippen molar-refractivity contribution in [3.63, 3.8) is 0 Å². The van der Waals surface area contributed by atoms with Crippen molar-refractivity contribution in [3.8, 4) is 5.75 Å². The van der Waals surface area contributed by atoms with E-state index < -0.39 is 0 Å². The third-order valence-electron chi connectivity index (χ3n) is 5.13. The predicted molar refractivity (Wildman–Crippen MR) is 100 cm³/mol. The van der Waals surface area contributed by atoms with Gasteiger partial charge in [0.1, 0.15) is 5.75 Å². The molecule has 24 heavy (non-hydrogen) atoms. The van der Waals surface area contributed by atoms with Crippen molar-refractivity contribution in [1.82, 2.24) is 10.2 Å². The zero-order valence-electron chi connectivity index (χ0n) is 14.9. The summed E-state index contributed by atoms with van der Waals surface area (Å²) in [5, 5.41) is 3.52. The highest BCUT2D eigenvalue weighted by atomic mass is 35.5. The third-order valence-corrected chi connectivity index (χ3v) is 5.13. The molecular weight excluding hydrogens is 324 g/mol. The van der Waals surface area contributed by atoms with Crippen LogP contribution in [0.3, 0.4) is 0 Å². The molecule has 136 valence electrons. The molecule has 0 radical (unpaired) electrons. The summed E-state index contributed by atoms with van der Waals surface area (Å²) in [6.07, 6.45) is 4.03. The lowest BCUT2D eigenvalue weighted by molar-refractivity contribution is 0.0555.